The number of likely N-dealkylation sites (tertiary alicyclic amines) is 1. The van der Waals surface area contributed by atoms with Gasteiger partial charge in [-0.2, -0.15) is 0 Å². The van der Waals surface area contributed by atoms with Crippen LogP contribution in [0, 0.1) is 11.6 Å². The van der Waals surface area contributed by atoms with Crippen LogP contribution in [-0.2, 0) is 9.59 Å². The molecule has 1 saturated heterocycles. The zero-order valence-electron chi connectivity index (χ0n) is 10.6. The van der Waals surface area contributed by atoms with E-state index in [-0.39, 0.29) is 12.2 Å². The van der Waals surface area contributed by atoms with Crippen molar-refractivity contribution in [1.82, 2.24) is 4.90 Å². The maximum atomic E-state index is 13.4. The molecule has 0 unspecified atom stereocenters. The molecule has 0 bridgehead atoms. The molecule has 1 heterocycles. The number of aliphatic carboxylic acids is 1. The van der Waals surface area contributed by atoms with E-state index in [0.29, 0.717) is 25.5 Å². The van der Waals surface area contributed by atoms with Gasteiger partial charge in [-0.15, -0.1) is 0 Å². The van der Waals surface area contributed by atoms with Crippen LogP contribution in [0.4, 0.5) is 14.5 Å². The number of rotatable bonds is 4. The van der Waals surface area contributed by atoms with Gasteiger partial charge in [-0.25, -0.2) is 8.78 Å². The molecule has 2 N–H and O–H groups in total. The number of amides is 1. The molecule has 108 valence electrons. The van der Waals surface area contributed by atoms with Crippen molar-refractivity contribution in [2.75, 3.05) is 18.4 Å². The van der Waals surface area contributed by atoms with Crippen LogP contribution in [0.15, 0.2) is 18.2 Å². The van der Waals surface area contributed by atoms with Crippen LogP contribution in [-0.4, -0.2) is 41.0 Å². The van der Waals surface area contributed by atoms with Gasteiger partial charge in [-0.3, -0.25) is 14.5 Å². The van der Waals surface area contributed by atoms with Crippen molar-refractivity contribution in [2.24, 2.45) is 0 Å². The number of hydrogen-bond donors (Lipinski definition) is 2. The second-order valence-electron chi connectivity index (χ2n) is 4.64. The van der Waals surface area contributed by atoms with Gasteiger partial charge >= 0.3 is 5.97 Å². The summed E-state index contributed by atoms with van der Waals surface area (Å²) in [4.78, 5) is 24.3. The Morgan fingerprint density at radius 2 is 2.15 bits per heavy atom. The zero-order valence-corrected chi connectivity index (χ0v) is 10.6. The van der Waals surface area contributed by atoms with E-state index in [9.17, 15) is 18.4 Å². The van der Waals surface area contributed by atoms with Crippen molar-refractivity contribution in [2.45, 2.75) is 18.9 Å². The van der Waals surface area contributed by atoms with E-state index in [1.807, 2.05) is 0 Å². The van der Waals surface area contributed by atoms with Crippen molar-refractivity contribution in [3.8, 4) is 0 Å². The minimum absolute atomic E-state index is 0.123. The molecule has 5 nitrogen and oxygen atoms in total. The molecule has 0 saturated carbocycles. The Balaban J connectivity index is 1.97. The molecule has 2 rings (SSSR count). The molecule has 0 radical (unpaired) electrons. The van der Waals surface area contributed by atoms with Gasteiger partial charge in [0.05, 0.1) is 12.2 Å². The van der Waals surface area contributed by atoms with Crippen LogP contribution in [0.1, 0.15) is 12.8 Å². The Labute approximate surface area is 114 Å². The quantitative estimate of drug-likeness (QED) is 0.878. The number of benzene rings is 1. The van der Waals surface area contributed by atoms with Crippen LogP contribution in [0.3, 0.4) is 0 Å². The second kappa shape index (κ2) is 5.96. The smallest absolute Gasteiger partial charge is 0.320 e. The zero-order chi connectivity index (χ0) is 14.7. The number of carbonyl (C=O) groups excluding carboxylic acids is 1. The van der Waals surface area contributed by atoms with Crippen molar-refractivity contribution in [3.63, 3.8) is 0 Å². The fourth-order valence-corrected chi connectivity index (χ4v) is 2.26. The Morgan fingerprint density at radius 3 is 2.80 bits per heavy atom. The van der Waals surface area contributed by atoms with E-state index in [2.05, 4.69) is 5.32 Å². The van der Waals surface area contributed by atoms with E-state index < -0.39 is 29.6 Å². The molecule has 1 aliphatic heterocycles. The Kier molecular flexibility index (Phi) is 4.29. The summed E-state index contributed by atoms with van der Waals surface area (Å²) in [7, 11) is 0. The lowest BCUT2D eigenvalue weighted by atomic mass is 10.2. The minimum Gasteiger partial charge on any atom is -0.480 e. The number of carboxylic acid groups (broad SMARTS) is 1. The molecular formula is C13H14F2N2O3. The van der Waals surface area contributed by atoms with Crippen molar-refractivity contribution in [1.29, 1.82) is 0 Å². The van der Waals surface area contributed by atoms with Crippen LogP contribution in [0.25, 0.3) is 0 Å². The number of carboxylic acids is 1. The Morgan fingerprint density at radius 1 is 1.40 bits per heavy atom. The molecule has 1 atom stereocenters. The molecule has 7 heteroatoms. The first-order valence-corrected chi connectivity index (χ1v) is 6.19. The molecule has 0 aliphatic carbocycles. The van der Waals surface area contributed by atoms with Crippen molar-refractivity contribution >= 4 is 17.6 Å². The van der Waals surface area contributed by atoms with Gasteiger partial charge < -0.3 is 10.4 Å². The first-order valence-electron chi connectivity index (χ1n) is 6.19. The van der Waals surface area contributed by atoms with Crippen LogP contribution < -0.4 is 5.32 Å². The molecule has 0 spiro atoms. The van der Waals surface area contributed by atoms with Gasteiger partial charge in [-0.1, -0.05) is 0 Å². The van der Waals surface area contributed by atoms with Gasteiger partial charge in [0, 0.05) is 6.07 Å². The topological polar surface area (TPSA) is 69.6 Å². The number of carbonyl (C=O) groups is 2. The Hall–Kier alpha value is -2.02. The summed E-state index contributed by atoms with van der Waals surface area (Å²) in [6, 6.07) is 2.15. The number of halogens is 2. The molecule has 1 amide bonds. The third-order valence-corrected chi connectivity index (χ3v) is 3.20. The maximum Gasteiger partial charge on any atom is 0.320 e. The predicted molar refractivity (Wildman–Crippen MR) is 67.2 cm³/mol. The van der Waals surface area contributed by atoms with E-state index in [1.54, 1.807) is 0 Å². The lowest BCUT2D eigenvalue weighted by molar-refractivity contribution is -0.142. The average molecular weight is 284 g/mol. The summed E-state index contributed by atoms with van der Waals surface area (Å²) >= 11 is 0. The molecule has 20 heavy (non-hydrogen) atoms. The van der Waals surface area contributed by atoms with Crippen molar-refractivity contribution in [3.05, 3.63) is 29.8 Å². The van der Waals surface area contributed by atoms with Crippen LogP contribution in [0.2, 0.25) is 0 Å². The number of hydrogen-bond acceptors (Lipinski definition) is 3. The third kappa shape index (κ3) is 3.30. The molecular weight excluding hydrogens is 270 g/mol. The normalized spacial score (nSPS) is 19.0. The van der Waals surface area contributed by atoms with E-state index in [4.69, 9.17) is 5.11 Å². The van der Waals surface area contributed by atoms with Gasteiger partial charge in [0.2, 0.25) is 5.91 Å². The lowest BCUT2D eigenvalue weighted by Gasteiger charge is -2.20. The van der Waals surface area contributed by atoms with Gasteiger partial charge in [-0.05, 0) is 31.5 Å². The lowest BCUT2D eigenvalue weighted by Crippen LogP contribution is -2.41. The number of nitrogens with zero attached hydrogens (tertiary/aromatic N) is 1. The van der Waals surface area contributed by atoms with Crippen LogP contribution in [0.5, 0.6) is 0 Å². The Bertz CT molecular complexity index is 536. The summed E-state index contributed by atoms with van der Waals surface area (Å²) in [6.45, 7) is 0.379. The van der Waals surface area contributed by atoms with E-state index in [1.165, 1.54) is 4.90 Å². The number of anilines is 1. The van der Waals surface area contributed by atoms with Crippen molar-refractivity contribution < 1.29 is 23.5 Å². The average Bonchev–Trinajstić information content (AvgIpc) is 2.81. The molecule has 1 fully saturated rings. The van der Waals surface area contributed by atoms with Crippen LogP contribution >= 0.6 is 0 Å². The second-order valence-corrected chi connectivity index (χ2v) is 4.64. The molecule has 1 aromatic rings. The van der Waals surface area contributed by atoms with Gasteiger partial charge in [0.15, 0.2) is 0 Å². The summed E-state index contributed by atoms with van der Waals surface area (Å²) in [5, 5.41) is 11.3. The SMILES string of the molecule is O=C(CN1CCC[C@H]1C(=O)O)Nc1ccc(F)cc1F. The summed E-state index contributed by atoms with van der Waals surface area (Å²) in [6.07, 6.45) is 1.20. The van der Waals surface area contributed by atoms with E-state index >= 15 is 0 Å². The molecule has 0 aromatic heterocycles. The highest BCUT2D eigenvalue weighted by Gasteiger charge is 2.31. The fraction of sp³-hybridized carbons (Fsp3) is 0.385. The first-order chi connectivity index (χ1) is 9.47. The number of nitrogens with one attached hydrogen (secondary N) is 1. The minimum atomic E-state index is -0.969. The van der Waals surface area contributed by atoms with Gasteiger partial charge in [0.25, 0.3) is 0 Å². The summed E-state index contributed by atoms with van der Waals surface area (Å²) < 4.78 is 26.1. The maximum absolute atomic E-state index is 13.4. The van der Waals surface area contributed by atoms with E-state index in [0.717, 1.165) is 12.1 Å². The summed E-state index contributed by atoms with van der Waals surface area (Å²) in [5.74, 6) is -3.09. The third-order valence-electron chi connectivity index (χ3n) is 3.20. The highest BCUT2D eigenvalue weighted by atomic mass is 19.1. The summed E-state index contributed by atoms with van der Waals surface area (Å²) in [5.41, 5.74) is -0.123. The highest BCUT2D eigenvalue weighted by molar-refractivity contribution is 5.92. The fourth-order valence-electron chi connectivity index (χ4n) is 2.26. The predicted octanol–water partition coefficient (Wildman–Crippen LogP) is 1.45. The molecule has 1 aliphatic rings. The highest BCUT2D eigenvalue weighted by Crippen LogP contribution is 2.18. The monoisotopic (exact) mass is 284 g/mol. The largest absolute Gasteiger partial charge is 0.480 e. The first kappa shape index (κ1) is 14.4. The standard InChI is InChI=1S/C13H14F2N2O3/c14-8-3-4-10(9(15)6-8)16-12(18)7-17-5-1-2-11(17)13(19)20/h3-4,6,11H,1-2,5,7H2,(H,16,18)(H,19,20)/t11-/m0/s1. The molecule has 1 aromatic carbocycles. The van der Waals surface area contributed by atoms with Gasteiger partial charge in [0.1, 0.15) is 17.7 Å².